The predicted octanol–water partition coefficient (Wildman–Crippen LogP) is -0.138. The molecule has 14 heavy (non-hydrogen) atoms. The summed E-state index contributed by atoms with van der Waals surface area (Å²) in [6, 6.07) is 0. The minimum atomic E-state index is -1.35. The molecule has 0 heterocycles. The number of carboxylic acid groups (broad SMARTS) is 1. The SMILES string of the molecule is [B]C(CCCC)(CN=C(N)N)C(=O)O. The molecular weight excluding hydrogens is 181 g/mol. The van der Waals surface area contributed by atoms with E-state index in [-0.39, 0.29) is 12.5 Å². The minimum Gasteiger partial charge on any atom is -0.481 e. The number of aliphatic imine (C=N–C) groups is 1. The van der Waals surface area contributed by atoms with Crippen molar-refractivity contribution in [2.24, 2.45) is 16.5 Å². The van der Waals surface area contributed by atoms with Crippen LogP contribution in [0.3, 0.4) is 0 Å². The Morgan fingerprint density at radius 3 is 2.50 bits per heavy atom. The quantitative estimate of drug-likeness (QED) is 0.313. The Morgan fingerprint density at radius 1 is 1.57 bits per heavy atom. The van der Waals surface area contributed by atoms with Crippen molar-refractivity contribution in [3.63, 3.8) is 0 Å². The Morgan fingerprint density at radius 2 is 2.14 bits per heavy atom. The first-order valence-electron chi connectivity index (χ1n) is 4.50. The third kappa shape index (κ3) is 4.16. The van der Waals surface area contributed by atoms with E-state index in [2.05, 4.69) is 4.99 Å². The van der Waals surface area contributed by atoms with Crippen LogP contribution in [0.5, 0.6) is 0 Å². The van der Waals surface area contributed by atoms with Crippen LogP contribution in [0.2, 0.25) is 5.31 Å². The van der Waals surface area contributed by atoms with Crippen LogP contribution in [-0.4, -0.2) is 31.4 Å². The molecule has 5 N–H and O–H groups in total. The molecule has 0 aromatic carbocycles. The lowest BCUT2D eigenvalue weighted by Gasteiger charge is -2.22. The lowest BCUT2D eigenvalue weighted by Crippen LogP contribution is -2.30. The molecule has 0 aromatic heterocycles. The smallest absolute Gasteiger partial charge is 0.302 e. The lowest BCUT2D eigenvalue weighted by molar-refractivity contribution is -0.140. The zero-order chi connectivity index (χ0) is 11.2. The number of aliphatic carboxylic acids is 1. The maximum absolute atomic E-state index is 10.9. The van der Waals surface area contributed by atoms with E-state index in [4.69, 9.17) is 24.4 Å². The van der Waals surface area contributed by atoms with Crippen LogP contribution < -0.4 is 11.5 Å². The van der Waals surface area contributed by atoms with Crippen LogP contribution >= 0.6 is 0 Å². The van der Waals surface area contributed by atoms with Crippen LogP contribution in [0.15, 0.2) is 4.99 Å². The highest BCUT2D eigenvalue weighted by atomic mass is 16.4. The molecule has 0 aromatic rings. The molecule has 0 aliphatic carbocycles. The van der Waals surface area contributed by atoms with Crippen molar-refractivity contribution in [3.05, 3.63) is 0 Å². The molecule has 0 saturated heterocycles. The summed E-state index contributed by atoms with van der Waals surface area (Å²) in [6.45, 7) is 1.88. The van der Waals surface area contributed by atoms with Gasteiger partial charge in [0, 0.05) is 5.31 Å². The Bertz CT molecular complexity index is 229. The average molecular weight is 197 g/mol. The number of nitrogens with zero attached hydrogens (tertiary/aromatic N) is 1. The monoisotopic (exact) mass is 197 g/mol. The normalized spacial score (nSPS) is 14.4. The first-order valence-corrected chi connectivity index (χ1v) is 4.50. The van der Waals surface area contributed by atoms with Gasteiger partial charge in [-0.05, 0) is 6.42 Å². The molecular formula is C8H16BN3O2. The van der Waals surface area contributed by atoms with Gasteiger partial charge in [0.25, 0.3) is 0 Å². The fourth-order valence-electron chi connectivity index (χ4n) is 0.978. The number of carboxylic acids is 1. The van der Waals surface area contributed by atoms with Crippen molar-refractivity contribution in [1.82, 2.24) is 0 Å². The Hall–Kier alpha value is -1.20. The standard InChI is InChI=1S/C8H16BN3O2/c1-2-3-4-8(9,6(13)14)5-12-7(10)11/h2-5H2,1H3,(H,13,14)(H4,10,11,12). The highest BCUT2D eigenvalue weighted by molar-refractivity contribution is 6.27. The first kappa shape index (κ1) is 12.8. The van der Waals surface area contributed by atoms with Crippen LogP contribution in [0.1, 0.15) is 26.2 Å². The van der Waals surface area contributed by atoms with Gasteiger partial charge in [0.15, 0.2) is 5.96 Å². The maximum Gasteiger partial charge on any atom is 0.302 e. The van der Waals surface area contributed by atoms with Crippen molar-refractivity contribution < 1.29 is 9.90 Å². The van der Waals surface area contributed by atoms with E-state index in [9.17, 15) is 4.79 Å². The van der Waals surface area contributed by atoms with Crippen LogP contribution in [-0.2, 0) is 4.79 Å². The topological polar surface area (TPSA) is 102 Å². The Labute approximate surface area is 85.0 Å². The summed E-state index contributed by atoms with van der Waals surface area (Å²) in [7, 11) is 5.66. The van der Waals surface area contributed by atoms with Crippen molar-refractivity contribution in [2.75, 3.05) is 6.54 Å². The molecule has 1 unspecified atom stereocenters. The van der Waals surface area contributed by atoms with Crippen LogP contribution in [0, 0.1) is 0 Å². The molecule has 0 fully saturated rings. The van der Waals surface area contributed by atoms with E-state index in [1.165, 1.54) is 0 Å². The molecule has 0 bridgehead atoms. The largest absolute Gasteiger partial charge is 0.481 e. The van der Waals surface area contributed by atoms with E-state index >= 15 is 0 Å². The molecule has 0 amide bonds. The van der Waals surface area contributed by atoms with Gasteiger partial charge in [0.1, 0.15) is 0 Å². The number of rotatable bonds is 6. The van der Waals surface area contributed by atoms with E-state index < -0.39 is 11.3 Å². The summed E-state index contributed by atoms with van der Waals surface area (Å²) < 4.78 is 0. The summed E-state index contributed by atoms with van der Waals surface area (Å²) in [4.78, 5) is 14.5. The molecule has 78 valence electrons. The number of unbranched alkanes of at least 4 members (excludes halogenated alkanes) is 1. The van der Waals surface area contributed by atoms with Gasteiger partial charge in [-0.3, -0.25) is 9.79 Å². The van der Waals surface area contributed by atoms with Gasteiger partial charge in [-0.2, -0.15) is 0 Å². The van der Waals surface area contributed by atoms with E-state index in [0.29, 0.717) is 6.42 Å². The van der Waals surface area contributed by atoms with Crippen LogP contribution in [0.25, 0.3) is 0 Å². The van der Waals surface area contributed by atoms with Gasteiger partial charge in [0.05, 0.1) is 14.4 Å². The van der Waals surface area contributed by atoms with Crippen molar-refractivity contribution in [2.45, 2.75) is 31.5 Å². The average Bonchev–Trinajstić information content (AvgIpc) is 2.11. The molecule has 2 radical (unpaired) electrons. The molecule has 0 aliphatic rings. The highest BCUT2D eigenvalue weighted by Crippen LogP contribution is 2.29. The summed E-state index contributed by atoms with van der Waals surface area (Å²) in [5.41, 5.74) is 10.2. The second kappa shape index (κ2) is 5.52. The number of hydrogen-bond acceptors (Lipinski definition) is 2. The molecule has 0 rings (SSSR count). The molecule has 1 atom stereocenters. The van der Waals surface area contributed by atoms with Gasteiger partial charge in [-0.1, -0.05) is 19.8 Å². The third-order valence-electron chi connectivity index (χ3n) is 1.95. The predicted molar refractivity (Wildman–Crippen MR) is 56.3 cm³/mol. The summed E-state index contributed by atoms with van der Waals surface area (Å²) in [5.74, 6) is -1.21. The number of guanidine groups is 1. The number of nitrogens with two attached hydrogens (primary N) is 2. The second-order valence-corrected chi connectivity index (χ2v) is 3.31. The van der Waals surface area contributed by atoms with Crippen molar-refractivity contribution in [3.8, 4) is 0 Å². The zero-order valence-corrected chi connectivity index (χ0v) is 8.36. The summed E-state index contributed by atoms with van der Waals surface area (Å²) in [6.07, 6.45) is 1.99. The molecule has 0 spiro atoms. The van der Waals surface area contributed by atoms with Crippen molar-refractivity contribution >= 4 is 19.8 Å². The Balaban J connectivity index is 4.39. The van der Waals surface area contributed by atoms with Gasteiger partial charge in [-0.25, -0.2) is 0 Å². The fourth-order valence-corrected chi connectivity index (χ4v) is 0.978. The number of carbonyl (C=O) groups is 1. The van der Waals surface area contributed by atoms with Crippen LogP contribution in [0.4, 0.5) is 0 Å². The third-order valence-corrected chi connectivity index (χ3v) is 1.95. The maximum atomic E-state index is 10.9. The summed E-state index contributed by atoms with van der Waals surface area (Å²) >= 11 is 0. The summed E-state index contributed by atoms with van der Waals surface area (Å²) in [5, 5.41) is 7.55. The molecule has 0 saturated carbocycles. The van der Waals surface area contributed by atoms with Crippen molar-refractivity contribution in [1.29, 1.82) is 0 Å². The van der Waals surface area contributed by atoms with E-state index in [0.717, 1.165) is 12.8 Å². The van der Waals surface area contributed by atoms with Gasteiger partial charge in [-0.15, -0.1) is 0 Å². The van der Waals surface area contributed by atoms with Gasteiger partial charge in [0.2, 0.25) is 0 Å². The molecule has 5 nitrogen and oxygen atoms in total. The second-order valence-electron chi connectivity index (χ2n) is 3.31. The van der Waals surface area contributed by atoms with E-state index in [1.54, 1.807) is 0 Å². The lowest BCUT2D eigenvalue weighted by atomic mass is 9.65. The van der Waals surface area contributed by atoms with Gasteiger partial charge >= 0.3 is 5.97 Å². The number of hydrogen-bond donors (Lipinski definition) is 3. The highest BCUT2D eigenvalue weighted by Gasteiger charge is 2.31. The Kier molecular flexibility index (Phi) is 5.05. The van der Waals surface area contributed by atoms with E-state index in [1.807, 2.05) is 6.92 Å². The van der Waals surface area contributed by atoms with Gasteiger partial charge < -0.3 is 16.6 Å². The fraction of sp³-hybridized carbons (Fsp3) is 0.750. The first-order chi connectivity index (χ1) is 6.42. The zero-order valence-electron chi connectivity index (χ0n) is 8.36. The molecule has 6 heteroatoms. The minimum absolute atomic E-state index is 0.0787. The molecule has 0 aliphatic heterocycles.